The summed E-state index contributed by atoms with van der Waals surface area (Å²) in [7, 11) is 1.46. The van der Waals surface area contributed by atoms with Gasteiger partial charge in [0.2, 0.25) is 5.91 Å². The lowest BCUT2D eigenvalue weighted by atomic mass is 10.2. The molecule has 1 rings (SSSR count). The summed E-state index contributed by atoms with van der Waals surface area (Å²) < 4.78 is 38.4. The van der Waals surface area contributed by atoms with E-state index in [0.29, 0.717) is 18.7 Å². The fourth-order valence-electron chi connectivity index (χ4n) is 1.49. The van der Waals surface area contributed by atoms with Gasteiger partial charge in [-0.2, -0.15) is 13.2 Å². The highest BCUT2D eigenvalue weighted by molar-refractivity contribution is 7.80. The maximum Gasteiger partial charge on any atom is 0.417 e. The van der Waals surface area contributed by atoms with E-state index in [1.54, 1.807) is 0 Å². The predicted molar refractivity (Wildman–Crippen MR) is 74.7 cm³/mol. The Balaban J connectivity index is 2.85. The van der Waals surface area contributed by atoms with E-state index in [9.17, 15) is 22.8 Å². The van der Waals surface area contributed by atoms with Crippen LogP contribution in [-0.4, -0.2) is 34.0 Å². The highest BCUT2D eigenvalue weighted by Crippen LogP contribution is 2.27. The molecule has 0 saturated heterocycles. The van der Waals surface area contributed by atoms with Crippen LogP contribution in [-0.2, 0) is 17.5 Å². The molecule has 2 N–H and O–H groups in total. The maximum absolute atomic E-state index is 12.6. The summed E-state index contributed by atoms with van der Waals surface area (Å²) in [6.07, 6.45) is -3.65. The minimum Gasteiger partial charge on any atom is -0.393 e. The Morgan fingerprint density at radius 3 is 2.57 bits per heavy atom. The second kappa shape index (κ2) is 6.70. The van der Waals surface area contributed by atoms with Gasteiger partial charge < -0.3 is 15.2 Å². The quantitative estimate of drug-likeness (QED) is 0.822. The molecule has 21 heavy (non-hydrogen) atoms. The normalized spacial score (nSPS) is 11.2. The summed E-state index contributed by atoms with van der Waals surface area (Å²) in [5, 5.41) is 0. The van der Waals surface area contributed by atoms with Gasteiger partial charge in [-0.25, -0.2) is 0 Å². The number of amides is 1. The number of nitrogens with zero attached hydrogens (tertiary/aromatic N) is 2. The summed E-state index contributed by atoms with van der Waals surface area (Å²) in [5.41, 5.74) is 3.63. The molecule has 1 heterocycles. The molecule has 0 aliphatic carbocycles. The number of nitrogens with two attached hydrogens (primary N) is 1. The van der Waals surface area contributed by atoms with E-state index in [4.69, 9.17) is 5.73 Å². The van der Waals surface area contributed by atoms with Crippen molar-refractivity contribution in [1.29, 1.82) is 0 Å². The summed E-state index contributed by atoms with van der Waals surface area (Å²) in [5.74, 6) is -0.507. The van der Waals surface area contributed by atoms with Crippen LogP contribution >= 0.6 is 12.2 Å². The summed E-state index contributed by atoms with van der Waals surface area (Å²) >= 11 is 4.67. The van der Waals surface area contributed by atoms with Crippen LogP contribution in [0.25, 0.3) is 0 Å². The van der Waals surface area contributed by atoms with Crippen LogP contribution in [0.1, 0.15) is 12.0 Å². The molecule has 9 heteroatoms. The molecule has 1 aromatic rings. The highest BCUT2D eigenvalue weighted by Gasteiger charge is 2.31. The van der Waals surface area contributed by atoms with E-state index >= 15 is 0 Å². The molecule has 0 saturated carbocycles. The number of hydrogen-bond donors (Lipinski definition) is 1. The van der Waals surface area contributed by atoms with Gasteiger partial charge in [0.15, 0.2) is 0 Å². The van der Waals surface area contributed by atoms with Crippen molar-refractivity contribution >= 4 is 23.1 Å². The molecule has 0 unspecified atom stereocenters. The third-order valence-electron chi connectivity index (χ3n) is 2.74. The Labute approximate surface area is 124 Å². The first-order chi connectivity index (χ1) is 9.61. The average molecular weight is 321 g/mol. The number of alkyl halides is 3. The van der Waals surface area contributed by atoms with Gasteiger partial charge in [-0.15, -0.1) is 0 Å². The zero-order chi connectivity index (χ0) is 16.2. The Hall–Kier alpha value is -1.90. The van der Waals surface area contributed by atoms with Crippen LogP contribution in [0.4, 0.5) is 13.2 Å². The SMILES string of the molecule is CN(CCC(N)=S)C(=O)Cn1cc(C(F)(F)F)ccc1=O. The number of carbonyl (C=O) groups is 1. The number of halogens is 3. The number of thiocarbonyl (C=S) groups is 1. The second-order valence-electron chi connectivity index (χ2n) is 4.41. The molecule has 5 nitrogen and oxygen atoms in total. The standard InChI is InChI=1S/C12H14F3N3O2S/c1-17(5-4-9(16)21)11(20)7-18-6-8(12(13,14)15)2-3-10(18)19/h2-3,6H,4-5,7H2,1H3,(H2,16,21). The van der Waals surface area contributed by atoms with Crippen molar-refractivity contribution in [2.75, 3.05) is 13.6 Å². The number of rotatable bonds is 5. The van der Waals surface area contributed by atoms with Crippen molar-refractivity contribution in [3.63, 3.8) is 0 Å². The molecule has 1 aromatic heterocycles. The first-order valence-electron chi connectivity index (χ1n) is 5.91. The first kappa shape index (κ1) is 17.2. The third kappa shape index (κ3) is 5.18. The molecular weight excluding hydrogens is 307 g/mol. The molecule has 0 spiro atoms. The van der Waals surface area contributed by atoms with Crippen molar-refractivity contribution in [3.8, 4) is 0 Å². The van der Waals surface area contributed by atoms with Crippen LogP contribution in [0.5, 0.6) is 0 Å². The average Bonchev–Trinajstić information content (AvgIpc) is 2.36. The summed E-state index contributed by atoms with van der Waals surface area (Å²) in [4.78, 5) is 24.8. The van der Waals surface area contributed by atoms with E-state index in [1.807, 2.05) is 0 Å². The Bertz CT molecular complexity index is 598. The summed E-state index contributed by atoms with van der Waals surface area (Å²) in [6, 6.07) is 1.46. The fraction of sp³-hybridized carbons (Fsp3) is 0.417. The van der Waals surface area contributed by atoms with Gasteiger partial charge in [0, 0.05) is 32.3 Å². The monoisotopic (exact) mass is 321 g/mol. The van der Waals surface area contributed by atoms with Gasteiger partial charge >= 0.3 is 6.18 Å². The molecule has 1 amide bonds. The minimum atomic E-state index is -4.57. The van der Waals surface area contributed by atoms with Gasteiger partial charge in [0.1, 0.15) is 6.54 Å². The largest absolute Gasteiger partial charge is 0.417 e. The number of aromatic nitrogens is 1. The minimum absolute atomic E-state index is 0.228. The van der Waals surface area contributed by atoms with Gasteiger partial charge in [-0.3, -0.25) is 9.59 Å². The molecular formula is C12H14F3N3O2S. The van der Waals surface area contributed by atoms with Crippen LogP contribution in [0.2, 0.25) is 0 Å². The molecule has 116 valence electrons. The van der Waals surface area contributed by atoms with Gasteiger partial charge in [0.25, 0.3) is 5.56 Å². The van der Waals surface area contributed by atoms with E-state index in [2.05, 4.69) is 12.2 Å². The topological polar surface area (TPSA) is 68.3 Å². The third-order valence-corrected chi connectivity index (χ3v) is 2.94. The number of likely N-dealkylation sites (N-methyl/N-ethyl adjacent to an activating group) is 1. The zero-order valence-electron chi connectivity index (χ0n) is 11.2. The molecule has 0 radical (unpaired) electrons. The van der Waals surface area contributed by atoms with Gasteiger partial charge in [0.05, 0.1) is 10.6 Å². The van der Waals surface area contributed by atoms with Crippen molar-refractivity contribution in [2.24, 2.45) is 5.73 Å². The summed E-state index contributed by atoms with van der Waals surface area (Å²) in [6.45, 7) is -0.238. The number of carbonyl (C=O) groups excluding carboxylic acids is 1. The lowest BCUT2D eigenvalue weighted by Gasteiger charge is -2.18. The first-order valence-corrected chi connectivity index (χ1v) is 6.32. The molecule has 0 aliphatic heterocycles. The number of hydrogen-bond acceptors (Lipinski definition) is 3. The molecule has 0 aromatic carbocycles. The predicted octanol–water partition coefficient (Wildman–Crippen LogP) is 1.00. The van der Waals surface area contributed by atoms with Crippen molar-refractivity contribution in [1.82, 2.24) is 9.47 Å². The highest BCUT2D eigenvalue weighted by atomic mass is 32.1. The van der Waals surface area contributed by atoms with E-state index < -0.39 is 29.8 Å². The molecule has 0 atom stereocenters. The van der Waals surface area contributed by atoms with E-state index in [-0.39, 0.29) is 11.5 Å². The smallest absolute Gasteiger partial charge is 0.393 e. The van der Waals surface area contributed by atoms with Gasteiger partial charge in [-0.05, 0) is 6.07 Å². The molecule has 0 bridgehead atoms. The van der Waals surface area contributed by atoms with Crippen LogP contribution in [0.15, 0.2) is 23.1 Å². The maximum atomic E-state index is 12.6. The van der Waals surface area contributed by atoms with Gasteiger partial charge in [-0.1, -0.05) is 12.2 Å². The van der Waals surface area contributed by atoms with Crippen LogP contribution in [0.3, 0.4) is 0 Å². The van der Waals surface area contributed by atoms with Crippen molar-refractivity contribution in [2.45, 2.75) is 19.1 Å². The fourth-order valence-corrected chi connectivity index (χ4v) is 1.58. The lowest BCUT2D eigenvalue weighted by Crippen LogP contribution is -2.35. The zero-order valence-corrected chi connectivity index (χ0v) is 12.0. The van der Waals surface area contributed by atoms with E-state index in [1.165, 1.54) is 11.9 Å². The number of pyridine rings is 1. The van der Waals surface area contributed by atoms with Crippen molar-refractivity contribution in [3.05, 3.63) is 34.2 Å². The lowest BCUT2D eigenvalue weighted by molar-refractivity contribution is -0.138. The Morgan fingerprint density at radius 2 is 2.05 bits per heavy atom. The Morgan fingerprint density at radius 1 is 1.43 bits per heavy atom. The Kier molecular flexibility index (Phi) is 5.47. The van der Waals surface area contributed by atoms with Crippen LogP contribution in [0, 0.1) is 0 Å². The van der Waals surface area contributed by atoms with Crippen LogP contribution < -0.4 is 11.3 Å². The molecule has 0 fully saturated rings. The molecule has 0 aliphatic rings. The second-order valence-corrected chi connectivity index (χ2v) is 4.94. The van der Waals surface area contributed by atoms with Crippen molar-refractivity contribution < 1.29 is 18.0 Å². The van der Waals surface area contributed by atoms with E-state index in [0.717, 1.165) is 10.6 Å².